The lowest BCUT2D eigenvalue weighted by Crippen LogP contribution is -2.39. The Morgan fingerprint density at radius 3 is 2.59 bits per heavy atom. The second-order valence-electron chi connectivity index (χ2n) is 8.68. The molecule has 2 N–H and O–H groups in total. The van der Waals surface area contributed by atoms with Crippen LogP contribution in [0.15, 0.2) is 60.4 Å². The summed E-state index contributed by atoms with van der Waals surface area (Å²) in [5.41, 5.74) is 1.97. The average Bonchev–Trinajstić information content (AvgIpc) is 3.40. The molecule has 0 radical (unpaired) electrons. The highest BCUT2D eigenvalue weighted by molar-refractivity contribution is 5.91. The van der Waals surface area contributed by atoms with Crippen molar-refractivity contribution in [3.05, 3.63) is 71.5 Å². The zero-order chi connectivity index (χ0) is 25.9. The van der Waals surface area contributed by atoms with Crippen molar-refractivity contribution in [1.29, 1.82) is 0 Å². The van der Waals surface area contributed by atoms with Gasteiger partial charge in [0.2, 0.25) is 13.1 Å². The molecule has 37 heavy (non-hydrogen) atoms. The molecule has 0 aliphatic carbocycles. The number of allylic oxidation sites excluding steroid dienone is 1. The van der Waals surface area contributed by atoms with Gasteiger partial charge >= 0.3 is 0 Å². The van der Waals surface area contributed by atoms with E-state index in [1.54, 1.807) is 0 Å². The van der Waals surface area contributed by atoms with Crippen molar-refractivity contribution in [2.75, 3.05) is 46.4 Å². The molecule has 200 valence electrons. The molecular weight excluding hydrogens is 478 g/mol. The first-order valence-corrected chi connectivity index (χ1v) is 12.7. The maximum absolute atomic E-state index is 13.1. The summed E-state index contributed by atoms with van der Waals surface area (Å²) in [4.78, 5) is 13.1. The van der Waals surface area contributed by atoms with Crippen molar-refractivity contribution in [2.24, 2.45) is 5.92 Å². The Labute approximate surface area is 217 Å². The molecule has 3 atom stereocenters. The van der Waals surface area contributed by atoms with Crippen LogP contribution in [0.1, 0.15) is 30.4 Å². The summed E-state index contributed by atoms with van der Waals surface area (Å²) in [6.07, 6.45) is 1.87. The summed E-state index contributed by atoms with van der Waals surface area (Å²) in [7, 11) is 0. The number of amides is 1. The van der Waals surface area contributed by atoms with Crippen molar-refractivity contribution in [3.63, 3.8) is 0 Å². The van der Waals surface area contributed by atoms with Crippen LogP contribution in [0.4, 0.5) is 0 Å². The molecule has 0 bridgehead atoms. The van der Waals surface area contributed by atoms with Crippen molar-refractivity contribution < 1.29 is 38.3 Å². The number of hydrogen-bond donors (Lipinski definition) is 2. The molecule has 0 aromatic heterocycles. The predicted octanol–water partition coefficient (Wildman–Crippen LogP) is 3.12. The van der Waals surface area contributed by atoms with Gasteiger partial charge in [-0.3, -0.25) is 4.79 Å². The molecule has 2 aromatic carbocycles. The average molecular weight is 514 g/mol. The minimum atomic E-state index is -0.628. The SMILES string of the molecule is CCO[C@@H]1OC(C(=O)NCc2ccccc2)=C[C@H](c2ccc3c(c2)OCO3)[C@H]1CCOCCOCCO. The van der Waals surface area contributed by atoms with Crippen LogP contribution in [-0.4, -0.2) is 63.7 Å². The molecule has 9 nitrogen and oxygen atoms in total. The van der Waals surface area contributed by atoms with Crippen LogP contribution >= 0.6 is 0 Å². The lowest BCUT2D eigenvalue weighted by Gasteiger charge is -2.37. The second-order valence-corrected chi connectivity index (χ2v) is 8.68. The van der Waals surface area contributed by atoms with Crippen LogP contribution in [0.2, 0.25) is 0 Å². The fourth-order valence-electron chi connectivity index (χ4n) is 4.41. The highest BCUT2D eigenvalue weighted by Gasteiger charge is 2.38. The Morgan fingerprint density at radius 2 is 1.81 bits per heavy atom. The number of rotatable bonds is 14. The number of nitrogens with one attached hydrogen (secondary N) is 1. The molecule has 0 saturated heterocycles. The van der Waals surface area contributed by atoms with E-state index in [0.717, 1.165) is 11.1 Å². The number of hydrogen-bond acceptors (Lipinski definition) is 8. The van der Waals surface area contributed by atoms with E-state index in [2.05, 4.69) is 5.32 Å². The van der Waals surface area contributed by atoms with E-state index < -0.39 is 6.29 Å². The summed E-state index contributed by atoms with van der Waals surface area (Å²) < 4.78 is 34.2. The highest BCUT2D eigenvalue weighted by Crippen LogP contribution is 2.42. The monoisotopic (exact) mass is 513 g/mol. The maximum Gasteiger partial charge on any atom is 0.286 e. The molecule has 0 spiro atoms. The molecule has 0 unspecified atom stereocenters. The predicted molar refractivity (Wildman–Crippen MR) is 135 cm³/mol. The summed E-state index contributed by atoms with van der Waals surface area (Å²) >= 11 is 0. The number of aliphatic hydroxyl groups excluding tert-OH is 1. The Balaban J connectivity index is 1.51. The van der Waals surface area contributed by atoms with Crippen LogP contribution in [0, 0.1) is 5.92 Å². The Hall–Kier alpha value is -3.11. The van der Waals surface area contributed by atoms with Gasteiger partial charge in [-0.2, -0.15) is 0 Å². The zero-order valence-electron chi connectivity index (χ0n) is 21.1. The molecule has 1 amide bonds. The fourth-order valence-corrected chi connectivity index (χ4v) is 4.41. The van der Waals surface area contributed by atoms with E-state index in [0.29, 0.717) is 57.5 Å². The van der Waals surface area contributed by atoms with E-state index >= 15 is 0 Å². The van der Waals surface area contributed by atoms with Gasteiger partial charge in [-0.25, -0.2) is 0 Å². The van der Waals surface area contributed by atoms with Gasteiger partial charge in [0.05, 0.1) is 26.4 Å². The van der Waals surface area contributed by atoms with Crippen LogP contribution in [0.25, 0.3) is 0 Å². The number of fused-ring (bicyclic) bond motifs is 1. The van der Waals surface area contributed by atoms with Crippen LogP contribution in [0.3, 0.4) is 0 Å². The molecule has 0 saturated carbocycles. The molecule has 2 aliphatic rings. The minimum Gasteiger partial charge on any atom is -0.459 e. The Kier molecular flexibility index (Phi) is 10.2. The number of benzene rings is 2. The molecule has 2 aliphatic heterocycles. The topological polar surface area (TPSA) is 105 Å². The first-order chi connectivity index (χ1) is 18.2. The second kappa shape index (κ2) is 14.0. The van der Waals surface area contributed by atoms with Gasteiger partial charge < -0.3 is 38.8 Å². The molecular formula is C28H35NO8. The maximum atomic E-state index is 13.1. The normalized spacial score (nSPS) is 20.3. The number of carbonyl (C=O) groups is 1. The lowest BCUT2D eigenvalue weighted by molar-refractivity contribution is -0.168. The lowest BCUT2D eigenvalue weighted by atomic mass is 9.81. The van der Waals surface area contributed by atoms with Gasteiger partial charge in [0.1, 0.15) is 0 Å². The minimum absolute atomic E-state index is 0.0136. The van der Waals surface area contributed by atoms with Crippen molar-refractivity contribution in [3.8, 4) is 11.5 Å². The van der Waals surface area contributed by atoms with Gasteiger partial charge in [0, 0.05) is 31.6 Å². The Morgan fingerprint density at radius 1 is 1.03 bits per heavy atom. The largest absolute Gasteiger partial charge is 0.459 e. The van der Waals surface area contributed by atoms with Crippen molar-refractivity contribution in [2.45, 2.75) is 32.1 Å². The summed E-state index contributed by atoms with van der Waals surface area (Å²) in [5, 5.41) is 11.8. The van der Waals surface area contributed by atoms with Crippen LogP contribution < -0.4 is 14.8 Å². The van der Waals surface area contributed by atoms with Gasteiger partial charge in [-0.1, -0.05) is 36.4 Å². The third-order valence-corrected chi connectivity index (χ3v) is 6.22. The first-order valence-electron chi connectivity index (χ1n) is 12.7. The van der Waals surface area contributed by atoms with Gasteiger partial charge in [0.25, 0.3) is 5.91 Å². The Bertz CT molecular complexity index is 1030. The summed E-state index contributed by atoms with van der Waals surface area (Å²) in [6, 6.07) is 15.5. The van der Waals surface area contributed by atoms with Crippen LogP contribution in [0.5, 0.6) is 11.5 Å². The third kappa shape index (κ3) is 7.45. The number of aliphatic hydroxyl groups is 1. The number of ether oxygens (including phenoxy) is 6. The molecule has 0 fully saturated rings. The summed E-state index contributed by atoms with van der Waals surface area (Å²) in [5.74, 6) is 1.03. The van der Waals surface area contributed by atoms with Gasteiger partial charge in [0.15, 0.2) is 17.3 Å². The standard InChI is InChI=1S/C28H35NO8/c1-2-34-28-22(10-12-32-14-15-33-13-11-30)23(21-8-9-24-25(16-21)36-19-35-24)17-26(37-28)27(31)29-18-20-6-4-3-5-7-20/h3-9,16-17,22-23,28,30H,2,10-15,18-19H2,1H3,(H,29,31)/t22-,23-,28-/m1/s1. The van der Waals surface area contributed by atoms with E-state index in [9.17, 15) is 4.79 Å². The molecule has 2 heterocycles. The molecule has 4 rings (SSSR count). The first kappa shape index (κ1) is 26.9. The quantitative estimate of drug-likeness (QED) is 0.372. The highest BCUT2D eigenvalue weighted by atomic mass is 16.7. The van der Waals surface area contributed by atoms with Crippen LogP contribution in [-0.2, 0) is 30.3 Å². The molecule has 9 heteroatoms. The molecule has 2 aromatic rings. The van der Waals surface area contributed by atoms with Gasteiger partial charge in [-0.15, -0.1) is 0 Å². The zero-order valence-corrected chi connectivity index (χ0v) is 21.1. The number of carbonyl (C=O) groups excluding carboxylic acids is 1. The summed E-state index contributed by atoms with van der Waals surface area (Å²) in [6.45, 7) is 4.49. The van der Waals surface area contributed by atoms with Gasteiger partial charge in [-0.05, 0) is 42.7 Å². The smallest absolute Gasteiger partial charge is 0.286 e. The van der Waals surface area contributed by atoms with E-state index in [-0.39, 0.29) is 36.9 Å². The van der Waals surface area contributed by atoms with E-state index in [4.69, 9.17) is 33.5 Å². The van der Waals surface area contributed by atoms with E-state index in [1.807, 2.05) is 61.5 Å². The van der Waals surface area contributed by atoms with Crippen molar-refractivity contribution in [1.82, 2.24) is 5.32 Å². The third-order valence-electron chi connectivity index (χ3n) is 6.22. The van der Waals surface area contributed by atoms with E-state index in [1.165, 1.54) is 0 Å². The van der Waals surface area contributed by atoms with Crippen molar-refractivity contribution >= 4 is 5.91 Å². The fraction of sp³-hybridized carbons (Fsp3) is 0.464.